The average molecular weight is 509 g/mol. The first-order valence-corrected chi connectivity index (χ1v) is 11.1. The number of ether oxygens (including phenoxy) is 3. The number of hydrogen-bond donors (Lipinski definition) is 1. The number of nitrogens with one attached hydrogen (secondary N) is 1. The van der Waals surface area contributed by atoms with E-state index in [0.29, 0.717) is 23.9 Å². The quantitative estimate of drug-likeness (QED) is 0.217. The average Bonchev–Trinajstić information content (AvgIpc) is 2.82. The lowest BCUT2D eigenvalue weighted by atomic mass is 10.1. The molecule has 0 saturated carbocycles. The standard InChI is InChI=1S/C26H25BrN2O4/c1-3-6-19-11-12-24(25(15-19)31-2)33-18-26(30)29-28-16-20-7-5-10-23(14-20)32-17-21-8-4-9-22(27)13-21/h3-5,7-16H,1,6,17-18H2,2H3,(H,29,30)/b28-16+. The van der Waals surface area contributed by atoms with E-state index in [2.05, 4.69) is 33.0 Å². The first kappa shape index (κ1) is 24.1. The van der Waals surface area contributed by atoms with E-state index in [0.717, 1.165) is 27.6 Å². The molecule has 0 aliphatic carbocycles. The van der Waals surface area contributed by atoms with Crippen LogP contribution in [0.2, 0.25) is 0 Å². The van der Waals surface area contributed by atoms with Crippen LogP contribution in [-0.4, -0.2) is 25.8 Å². The number of carbonyl (C=O) groups is 1. The van der Waals surface area contributed by atoms with Crippen molar-refractivity contribution in [1.29, 1.82) is 0 Å². The molecule has 33 heavy (non-hydrogen) atoms. The summed E-state index contributed by atoms with van der Waals surface area (Å²) in [5.41, 5.74) is 5.36. The fourth-order valence-corrected chi connectivity index (χ4v) is 3.40. The predicted octanol–water partition coefficient (Wildman–Crippen LogP) is 5.29. The number of hydrazone groups is 1. The summed E-state index contributed by atoms with van der Waals surface area (Å²) in [4.78, 5) is 12.1. The maximum Gasteiger partial charge on any atom is 0.277 e. The Hall–Kier alpha value is -3.58. The Bertz CT molecular complexity index is 1130. The van der Waals surface area contributed by atoms with E-state index in [-0.39, 0.29) is 12.5 Å². The zero-order valence-corrected chi connectivity index (χ0v) is 19.9. The molecule has 0 radical (unpaired) electrons. The van der Waals surface area contributed by atoms with Crippen LogP contribution in [0.4, 0.5) is 0 Å². The van der Waals surface area contributed by atoms with Gasteiger partial charge in [-0.1, -0.05) is 52.3 Å². The van der Waals surface area contributed by atoms with Crippen molar-refractivity contribution in [2.45, 2.75) is 13.0 Å². The molecule has 0 unspecified atom stereocenters. The third-order valence-electron chi connectivity index (χ3n) is 4.52. The zero-order chi connectivity index (χ0) is 23.5. The Morgan fingerprint density at radius 3 is 2.67 bits per heavy atom. The molecule has 3 aromatic rings. The van der Waals surface area contributed by atoms with Gasteiger partial charge in [0, 0.05) is 4.47 Å². The van der Waals surface area contributed by atoms with Crippen molar-refractivity contribution in [3.63, 3.8) is 0 Å². The molecule has 0 atom stereocenters. The first-order chi connectivity index (χ1) is 16.1. The number of benzene rings is 3. The van der Waals surface area contributed by atoms with Gasteiger partial charge in [-0.05, 0) is 59.5 Å². The molecule has 170 valence electrons. The van der Waals surface area contributed by atoms with E-state index in [1.54, 1.807) is 19.4 Å². The van der Waals surface area contributed by atoms with Crippen LogP contribution in [0.25, 0.3) is 0 Å². The van der Waals surface area contributed by atoms with Gasteiger partial charge >= 0.3 is 0 Å². The van der Waals surface area contributed by atoms with E-state index < -0.39 is 0 Å². The molecule has 1 amide bonds. The largest absolute Gasteiger partial charge is 0.493 e. The number of methoxy groups -OCH3 is 1. The maximum atomic E-state index is 12.1. The summed E-state index contributed by atoms with van der Waals surface area (Å²) >= 11 is 3.45. The van der Waals surface area contributed by atoms with E-state index in [1.807, 2.05) is 66.7 Å². The third kappa shape index (κ3) is 7.80. The Labute approximate surface area is 202 Å². The second-order valence-corrected chi connectivity index (χ2v) is 7.97. The highest BCUT2D eigenvalue weighted by atomic mass is 79.9. The van der Waals surface area contributed by atoms with Crippen LogP contribution in [0.1, 0.15) is 16.7 Å². The molecule has 3 rings (SSSR count). The molecule has 0 spiro atoms. The fraction of sp³-hybridized carbons (Fsp3) is 0.154. The molecule has 7 heteroatoms. The number of allylic oxidation sites excluding steroid dienone is 1. The minimum atomic E-state index is -0.384. The van der Waals surface area contributed by atoms with Crippen molar-refractivity contribution in [2.75, 3.05) is 13.7 Å². The Kier molecular flexibility index (Phi) is 9.08. The summed E-state index contributed by atoms with van der Waals surface area (Å²) < 4.78 is 17.7. The summed E-state index contributed by atoms with van der Waals surface area (Å²) in [6, 6.07) is 20.9. The van der Waals surface area contributed by atoms with Gasteiger partial charge in [0.05, 0.1) is 13.3 Å². The van der Waals surface area contributed by atoms with Gasteiger partial charge < -0.3 is 14.2 Å². The molecule has 6 nitrogen and oxygen atoms in total. The third-order valence-corrected chi connectivity index (χ3v) is 5.02. The molecule has 0 aliphatic heterocycles. The number of hydrogen-bond acceptors (Lipinski definition) is 5. The van der Waals surface area contributed by atoms with Crippen molar-refractivity contribution in [1.82, 2.24) is 5.43 Å². The normalized spacial score (nSPS) is 10.6. The molecule has 3 aromatic carbocycles. The Balaban J connectivity index is 1.49. The van der Waals surface area contributed by atoms with Crippen molar-refractivity contribution in [2.24, 2.45) is 5.10 Å². The van der Waals surface area contributed by atoms with Gasteiger partial charge in [-0.3, -0.25) is 4.79 Å². The van der Waals surface area contributed by atoms with Gasteiger partial charge in [-0.25, -0.2) is 5.43 Å². The molecular formula is C26H25BrN2O4. The fourth-order valence-electron chi connectivity index (χ4n) is 2.96. The van der Waals surface area contributed by atoms with Crippen LogP contribution in [0, 0.1) is 0 Å². The van der Waals surface area contributed by atoms with Crippen molar-refractivity contribution < 1.29 is 19.0 Å². The molecular weight excluding hydrogens is 484 g/mol. The molecule has 1 N–H and O–H groups in total. The van der Waals surface area contributed by atoms with Crippen LogP contribution >= 0.6 is 15.9 Å². The predicted molar refractivity (Wildman–Crippen MR) is 133 cm³/mol. The molecule has 0 saturated heterocycles. The number of carbonyl (C=O) groups excluding carboxylic acids is 1. The van der Waals surface area contributed by atoms with Crippen molar-refractivity contribution in [3.8, 4) is 17.2 Å². The number of rotatable bonds is 11. The highest BCUT2D eigenvalue weighted by Gasteiger charge is 2.08. The molecule has 0 aromatic heterocycles. The summed E-state index contributed by atoms with van der Waals surface area (Å²) in [7, 11) is 1.56. The van der Waals surface area contributed by atoms with Crippen LogP contribution in [-0.2, 0) is 17.8 Å². The minimum absolute atomic E-state index is 0.190. The van der Waals surface area contributed by atoms with E-state index >= 15 is 0 Å². The van der Waals surface area contributed by atoms with Crippen molar-refractivity contribution >= 4 is 28.1 Å². The van der Waals surface area contributed by atoms with Crippen LogP contribution < -0.4 is 19.6 Å². The maximum absolute atomic E-state index is 12.1. The zero-order valence-electron chi connectivity index (χ0n) is 18.3. The number of amides is 1. The molecule has 0 aliphatic rings. The summed E-state index contributed by atoms with van der Waals surface area (Å²) in [6.45, 7) is 3.99. The lowest BCUT2D eigenvalue weighted by Crippen LogP contribution is -2.24. The summed E-state index contributed by atoms with van der Waals surface area (Å²) in [5, 5.41) is 4.00. The van der Waals surface area contributed by atoms with E-state index in [4.69, 9.17) is 14.2 Å². The van der Waals surface area contributed by atoms with Crippen LogP contribution in [0.15, 0.2) is 89.0 Å². The van der Waals surface area contributed by atoms with E-state index in [1.165, 1.54) is 0 Å². The lowest BCUT2D eigenvalue weighted by Gasteiger charge is -2.11. The van der Waals surface area contributed by atoms with Crippen LogP contribution in [0.5, 0.6) is 17.2 Å². The van der Waals surface area contributed by atoms with Gasteiger partial charge in [0.1, 0.15) is 12.4 Å². The highest BCUT2D eigenvalue weighted by Crippen LogP contribution is 2.28. The van der Waals surface area contributed by atoms with Crippen molar-refractivity contribution in [3.05, 3.63) is 101 Å². The Morgan fingerprint density at radius 1 is 1.03 bits per heavy atom. The monoisotopic (exact) mass is 508 g/mol. The van der Waals surface area contributed by atoms with Gasteiger partial charge in [-0.2, -0.15) is 5.10 Å². The molecule has 0 bridgehead atoms. The SMILES string of the molecule is C=CCc1ccc(OCC(=O)N/N=C/c2cccc(OCc3cccc(Br)c3)c2)c(OC)c1. The smallest absolute Gasteiger partial charge is 0.277 e. The number of halogens is 1. The number of nitrogens with zero attached hydrogens (tertiary/aromatic N) is 1. The van der Waals surface area contributed by atoms with Gasteiger partial charge in [0.2, 0.25) is 0 Å². The van der Waals surface area contributed by atoms with E-state index in [9.17, 15) is 4.79 Å². The Morgan fingerprint density at radius 2 is 1.88 bits per heavy atom. The molecule has 0 heterocycles. The second-order valence-electron chi connectivity index (χ2n) is 7.05. The summed E-state index contributed by atoms with van der Waals surface area (Å²) in [5.74, 6) is 1.37. The topological polar surface area (TPSA) is 69.2 Å². The summed E-state index contributed by atoms with van der Waals surface area (Å²) in [6.07, 6.45) is 4.08. The van der Waals surface area contributed by atoms with Gasteiger partial charge in [0.15, 0.2) is 18.1 Å². The molecule has 0 fully saturated rings. The van der Waals surface area contributed by atoms with Crippen LogP contribution in [0.3, 0.4) is 0 Å². The first-order valence-electron chi connectivity index (χ1n) is 10.3. The second kappa shape index (κ2) is 12.5. The van der Waals surface area contributed by atoms with Gasteiger partial charge in [0.25, 0.3) is 5.91 Å². The highest BCUT2D eigenvalue weighted by molar-refractivity contribution is 9.10. The minimum Gasteiger partial charge on any atom is -0.493 e. The van der Waals surface area contributed by atoms with Gasteiger partial charge in [-0.15, -0.1) is 6.58 Å². The lowest BCUT2D eigenvalue weighted by molar-refractivity contribution is -0.123.